The zero-order valence-corrected chi connectivity index (χ0v) is 15.4. The zero-order chi connectivity index (χ0) is 19.5. The quantitative estimate of drug-likeness (QED) is 0.719. The van der Waals surface area contributed by atoms with Crippen molar-refractivity contribution in [3.05, 3.63) is 71.7 Å². The summed E-state index contributed by atoms with van der Waals surface area (Å²) in [5.41, 5.74) is 3.12. The van der Waals surface area contributed by atoms with Gasteiger partial charge in [-0.25, -0.2) is 4.39 Å². The van der Waals surface area contributed by atoms with E-state index in [9.17, 15) is 14.3 Å². The van der Waals surface area contributed by atoms with Gasteiger partial charge in [0.05, 0.1) is 5.69 Å². The second-order valence-electron chi connectivity index (χ2n) is 7.28. The number of carbonyl (C=O) groups is 1. The highest BCUT2D eigenvalue weighted by atomic mass is 19.1. The summed E-state index contributed by atoms with van der Waals surface area (Å²) in [6, 6.07) is 15.1. The van der Waals surface area contributed by atoms with Gasteiger partial charge in [0.2, 0.25) is 0 Å². The van der Waals surface area contributed by atoms with E-state index in [1.165, 1.54) is 12.1 Å². The van der Waals surface area contributed by atoms with Crippen molar-refractivity contribution in [2.45, 2.75) is 19.3 Å². The molecule has 0 aliphatic carbocycles. The molecule has 1 fully saturated rings. The summed E-state index contributed by atoms with van der Waals surface area (Å²) < 4.78 is 13.0. The van der Waals surface area contributed by atoms with Crippen LogP contribution in [0.4, 0.5) is 4.39 Å². The first kappa shape index (κ1) is 18.2. The molecular formula is C22H22FN3O2. The topological polar surface area (TPSA) is 69.2 Å². The number of benzene rings is 2. The summed E-state index contributed by atoms with van der Waals surface area (Å²) in [5.74, 6) is 0.441. The lowest BCUT2D eigenvalue weighted by molar-refractivity contribution is 0.0684. The van der Waals surface area contributed by atoms with Crippen molar-refractivity contribution in [3.63, 3.8) is 0 Å². The van der Waals surface area contributed by atoms with Crippen molar-refractivity contribution >= 4 is 5.91 Å². The third kappa shape index (κ3) is 4.06. The first-order valence-electron chi connectivity index (χ1n) is 9.47. The highest BCUT2D eigenvalue weighted by Crippen LogP contribution is 2.24. The van der Waals surface area contributed by atoms with E-state index in [0.29, 0.717) is 30.4 Å². The molecule has 0 atom stereocenters. The molecule has 0 unspecified atom stereocenters. The maximum Gasteiger partial charge on any atom is 0.271 e. The van der Waals surface area contributed by atoms with Gasteiger partial charge in [-0.3, -0.25) is 9.89 Å². The molecule has 0 bridgehead atoms. The van der Waals surface area contributed by atoms with Crippen molar-refractivity contribution < 1.29 is 14.3 Å². The van der Waals surface area contributed by atoms with Crippen molar-refractivity contribution in [3.8, 4) is 17.0 Å². The fourth-order valence-corrected chi connectivity index (χ4v) is 3.68. The van der Waals surface area contributed by atoms with Crippen LogP contribution in [0.2, 0.25) is 0 Å². The summed E-state index contributed by atoms with van der Waals surface area (Å²) in [5, 5.41) is 16.4. The van der Waals surface area contributed by atoms with Crippen LogP contribution in [0.25, 0.3) is 11.3 Å². The first-order chi connectivity index (χ1) is 13.6. The number of rotatable bonds is 4. The Hall–Kier alpha value is -3.15. The minimum Gasteiger partial charge on any atom is -0.508 e. The molecule has 144 valence electrons. The molecule has 28 heavy (non-hydrogen) atoms. The Morgan fingerprint density at radius 2 is 1.79 bits per heavy atom. The van der Waals surface area contributed by atoms with Crippen LogP contribution in [0.15, 0.2) is 54.6 Å². The van der Waals surface area contributed by atoms with Crippen LogP contribution in [0.3, 0.4) is 0 Å². The van der Waals surface area contributed by atoms with Gasteiger partial charge in [-0.1, -0.05) is 12.1 Å². The Balaban J connectivity index is 1.35. The summed E-state index contributed by atoms with van der Waals surface area (Å²) >= 11 is 0. The number of halogens is 1. The monoisotopic (exact) mass is 379 g/mol. The van der Waals surface area contributed by atoms with Crippen molar-refractivity contribution in [1.82, 2.24) is 15.1 Å². The van der Waals surface area contributed by atoms with E-state index < -0.39 is 0 Å². The van der Waals surface area contributed by atoms with Gasteiger partial charge < -0.3 is 10.0 Å². The Morgan fingerprint density at radius 3 is 2.46 bits per heavy atom. The van der Waals surface area contributed by atoms with E-state index in [4.69, 9.17) is 0 Å². The molecule has 0 spiro atoms. The molecule has 0 radical (unpaired) electrons. The predicted octanol–water partition coefficient (Wildman–Crippen LogP) is 4.02. The number of phenolic OH excluding ortho intramolecular Hbond substituents is 1. The van der Waals surface area contributed by atoms with Gasteiger partial charge >= 0.3 is 0 Å². The van der Waals surface area contributed by atoms with Gasteiger partial charge in [0, 0.05) is 18.7 Å². The van der Waals surface area contributed by atoms with Crippen LogP contribution < -0.4 is 0 Å². The highest BCUT2D eigenvalue weighted by Gasteiger charge is 2.25. The molecule has 1 aliphatic heterocycles. The number of piperidine rings is 1. The van der Waals surface area contributed by atoms with Crippen LogP contribution in [0, 0.1) is 11.7 Å². The molecule has 1 aliphatic rings. The second-order valence-corrected chi connectivity index (χ2v) is 7.28. The van der Waals surface area contributed by atoms with E-state index in [0.717, 1.165) is 30.4 Å². The standard InChI is InChI=1S/C22H22FN3O2/c23-18-5-1-15(2-6-18)13-16-9-11-26(12-10-16)22(28)21-14-20(24-25-21)17-3-7-19(27)8-4-17/h1-8,14,16,27H,9-13H2,(H,24,25). The molecule has 2 heterocycles. The Labute approximate surface area is 162 Å². The van der Waals surface area contributed by atoms with Crippen LogP contribution in [0.5, 0.6) is 5.75 Å². The molecule has 0 saturated carbocycles. The molecule has 5 nitrogen and oxygen atoms in total. The fourth-order valence-electron chi connectivity index (χ4n) is 3.68. The number of aromatic nitrogens is 2. The van der Waals surface area contributed by atoms with Gasteiger partial charge in [0.1, 0.15) is 17.3 Å². The molecule has 1 aromatic heterocycles. The van der Waals surface area contributed by atoms with E-state index in [-0.39, 0.29) is 17.5 Å². The maximum atomic E-state index is 13.0. The van der Waals surface area contributed by atoms with E-state index >= 15 is 0 Å². The molecule has 1 amide bonds. The van der Waals surface area contributed by atoms with Crippen molar-refractivity contribution in [2.75, 3.05) is 13.1 Å². The third-order valence-corrected chi connectivity index (χ3v) is 5.31. The number of nitrogens with zero attached hydrogens (tertiary/aromatic N) is 2. The van der Waals surface area contributed by atoms with E-state index in [1.807, 2.05) is 17.0 Å². The third-order valence-electron chi connectivity index (χ3n) is 5.31. The van der Waals surface area contributed by atoms with Crippen LogP contribution in [0.1, 0.15) is 28.9 Å². The summed E-state index contributed by atoms with van der Waals surface area (Å²) in [6.07, 6.45) is 2.78. The largest absolute Gasteiger partial charge is 0.508 e. The lowest BCUT2D eigenvalue weighted by atomic mass is 9.90. The Bertz CT molecular complexity index is 943. The second kappa shape index (κ2) is 7.84. The highest BCUT2D eigenvalue weighted by molar-refractivity contribution is 5.93. The van der Waals surface area contributed by atoms with Crippen LogP contribution in [-0.2, 0) is 6.42 Å². The molecular weight excluding hydrogens is 357 g/mol. The summed E-state index contributed by atoms with van der Waals surface area (Å²) in [7, 11) is 0. The molecule has 6 heteroatoms. The molecule has 3 aromatic rings. The Kier molecular flexibility index (Phi) is 5.10. The van der Waals surface area contributed by atoms with Gasteiger partial charge in [0.15, 0.2) is 0 Å². The zero-order valence-electron chi connectivity index (χ0n) is 15.4. The summed E-state index contributed by atoms with van der Waals surface area (Å²) in [4.78, 5) is 14.6. The molecule has 1 saturated heterocycles. The minimum absolute atomic E-state index is 0.0437. The molecule has 2 aromatic carbocycles. The number of hydrogen-bond acceptors (Lipinski definition) is 3. The number of H-pyrrole nitrogens is 1. The van der Waals surface area contributed by atoms with Crippen LogP contribution in [-0.4, -0.2) is 39.2 Å². The maximum absolute atomic E-state index is 13.0. The van der Waals surface area contributed by atoms with Gasteiger partial charge in [-0.15, -0.1) is 0 Å². The lowest BCUT2D eigenvalue weighted by Crippen LogP contribution is -2.39. The average molecular weight is 379 g/mol. The number of hydrogen-bond donors (Lipinski definition) is 2. The number of likely N-dealkylation sites (tertiary alicyclic amines) is 1. The van der Waals surface area contributed by atoms with Crippen LogP contribution >= 0.6 is 0 Å². The summed E-state index contributed by atoms with van der Waals surface area (Å²) in [6.45, 7) is 1.41. The number of aromatic amines is 1. The van der Waals surface area contributed by atoms with E-state index in [1.54, 1.807) is 30.3 Å². The van der Waals surface area contributed by atoms with E-state index in [2.05, 4.69) is 10.2 Å². The SMILES string of the molecule is O=C(c1cc(-c2ccc(O)cc2)n[nH]1)N1CCC(Cc2ccc(F)cc2)CC1. The molecule has 4 rings (SSSR count). The smallest absolute Gasteiger partial charge is 0.271 e. The lowest BCUT2D eigenvalue weighted by Gasteiger charge is -2.31. The number of amides is 1. The molecule has 2 N–H and O–H groups in total. The normalized spacial score (nSPS) is 15.0. The number of nitrogens with one attached hydrogen (secondary N) is 1. The minimum atomic E-state index is -0.213. The number of phenols is 1. The first-order valence-corrected chi connectivity index (χ1v) is 9.47. The van der Waals surface area contributed by atoms with Crippen molar-refractivity contribution in [1.29, 1.82) is 0 Å². The van der Waals surface area contributed by atoms with Crippen molar-refractivity contribution in [2.24, 2.45) is 5.92 Å². The fraction of sp³-hybridized carbons (Fsp3) is 0.273. The number of carbonyl (C=O) groups excluding carboxylic acids is 1. The van der Waals surface area contributed by atoms with Gasteiger partial charge in [-0.2, -0.15) is 5.10 Å². The number of aromatic hydroxyl groups is 1. The predicted molar refractivity (Wildman–Crippen MR) is 104 cm³/mol. The van der Waals surface area contributed by atoms with Gasteiger partial charge in [0.25, 0.3) is 5.91 Å². The Morgan fingerprint density at radius 1 is 1.11 bits per heavy atom. The average Bonchev–Trinajstić information content (AvgIpc) is 3.20. The van der Waals surface area contributed by atoms with Gasteiger partial charge in [-0.05, 0) is 73.2 Å².